The molecule has 0 aliphatic heterocycles. The van der Waals surface area contributed by atoms with Crippen LogP contribution in [0.4, 0.5) is 11.9 Å². The monoisotopic (exact) mass is 281 g/mol. The summed E-state index contributed by atoms with van der Waals surface area (Å²) in [7, 11) is 0. The minimum absolute atomic E-state index is 0.180. The first-order valence-corrected chi connectivity index (χ1v) is 7.32. The third kappa shape index (κ3) is 5.19. The second kappa shape index (κ2) is 7.87. The van der Waals surface area contributed by atoms with E-state index in [1.54, 1.807) is 0 Å². The highest BCUT2D eigenvalue weighted by atomic mass is 16.5. The van der Waals surface area contributed by atoms with E-state index in [0.29, 0.717) is 30.3 Å². The maximum Gasteiger partial charge on any atom is 0.323 e. The van der Waals surface area contributed by atoms with Gasteiger partial charge in [0.15, 0.2) is 0 Å². The first-order valence-electron chi connectivity index (χ1n) is 7.32. The topological polar surface area (TPSA) is 86.0 Å². The molecule has 0 amide bonds. The summed E-state index contributed by atoms with van der Waals surface area (Å²) in [6.07, 6.45) is 0.900. The Morgan fingerprint density at radius 1 is 1.10 bits per heavy atom. The predicted octanol–water partition coefficient (Wildman–Crippen LogP) is 2.58. The lowest BCUT2D eigenvalue weighted by atomic mass is 9.85. The van der Waals surface area contributed by atoms with Crippen molar-refractivity contribution in [3.05, 3.63) is 0 Å². The van der Waals surface area contributed by atoms with Crippen molar-refractivity contribution < 1.29 is 4.74 Å². The van der Waals surface area contributed by atoms with Crippen LogP contribution in [0.15, 0.2) is 0 Å². The third-order valence-corrected chi connectivity index (χ3v) is 3.28. The van der Waals surface area contributed by atoms with Gasteiger partial charge in [0, 0.05) is 6.54 Å². The van der Waals surface area contributed by atoms with Crippen molar-refractivity contribution in [1.82, 2.24) is 15.0 Å². The van der Waals surface area contributed by atoms with Gasteiger partial charge in [0.1, 0.15) is 0 Å². The van der Waals surface area contributed by atoms with Gasteiger partial charge >= 0.3 is 6.01 Å². The van der Waals surface area contributed by atoms with Crippen LogP contribution in [0, 0.1) is 17.8 Å². The zero-order valence-corrected chi connectivity index (χ0v) is 13.2. The Morgan fingerprint density at radius 2 is 1.75 bits per heavy atom. The number of rotatable bonds is 8. The van der Waals surface area contributed by atoms with E-state index >= 15 is 0 Å². The normalized spacial score (nSPS) is 11.4. The molecule has 3 N–H and O–H groups in total. The van der Waals surface area contributed by atoms with Crippen LogP contribution in [-0.4, -0.2) is 28.1 Å². The molecule has 1 rings (SSSR count). The average molecular weight is 281 g/mol. The summed E-state index contributed by atoms with van der Waals surface area (Å²) < 4.78 is 5.40. The summed E-state index contributed by atoms with van der Waals surface area (Å²) in [5, 5.41) is 3.24. The number of nitrogens with one attached hydrogen (secondary N) is 1. The quantitative estimate of drug-likeness (QED) is 0.761. The second-order valence-electron chi connectivity index (χ2n) is 5.68. The fraction of sp³-hybridized carbons (Fsp3) is 0.786. The molecule has 0 bridgehead atoms. The van der Waals surface area contributed by atoms with Gasteiger partial charge in [0.25, 0.3) is 0 Å². The molecule has 1 aromatic rings. The van der Waals surface area contributed by atoms with Gasteiger partial charge in [-0.15, -0.1) is 0 Å². The lowest BCUT2D eigenvalue weighted by Gasteiger charge is -2.25. The van der Waals surface area contributed by atoms with Gasteiger partial charge in [-0.25, -0.2) is 0 Å². The summed E-state index contributed by atoms with van der Waals surface area (Å²) in [4.78, 5) is 12.3. The van der Waals surface area contributed by atoms with Gasteiger partial charge in [0.05, 0.1) is 6.61 Å². The van der Waals surface area contributed by atoms with E-state index in [1.165, 1.54) is 0 Å². The van der Waals surface area contributed by atoms with Gasteiger partial charge in [-0.05, 0) is 24.2 Å². The molecule has 0 fully saturated rings. The Morgan fingerprint density at radius 3 is 2.30 bits per heavy atom. The number of nitrogen functional groups attached to an aromatic ring is 1. The predicted molar refractivity (Wildman–Crippen MR) is 81.7 cm³/mol. The van der Waals surface area contributed by atoms with Crippen molar-refractivity contribution >= 4 is 11.9 Å². The van der Waals surface area contributed by atoms with E-state index in [2.05, 4.69) is 48.0 Å². The van der Waals surface area contributed by atoms with Crippen LogP contribution in [0.3, 0.4) is 0 Å². The minimum Gasteiger partial charge on any atom is -0.463 e. The van der Waals surface area contributed by atoms with E-state index in [9.17, 15) is 0 Å². The molecule has 0 aliphatic carbocycles. The average Bonchev–Trinajstić information content (AvgIpc) is 2.35. The molecule has 114 valence electrons. The van der Waals surface area contributed by atoms with E-state index in [4.69, 9.17) is 10.5 Å². The summed E-state index contributed by atoms with van der Waals surface area (Å²) in [6.45, 7) is 12.3. The molecule has 6 nitrogen and oxygen atoms in total. The highest BCUT2D eigenvalue weighted by Gasteiger charge is 2.18. The van der Waals surface area contributed by atoms with Crippen LogP contribution in [0.1, 0.15) is 41.0 Å². The summed E-state index contributed by atoms with van der Waals surface area (Å²) in [6, 6.07) is 0.285. The molecule has 20 heavy (non-hydrogen) atoms. The number of ether oxygens (including phenoxy) is 1. The standard InChI is InChI=1S/C14H27N5O/c1-6-7-20-14-18-12(15)17-13(19-14)16-8-11(9(2)3)10(4)5/h9-11H,6-8H2,1-5H3,(H3,15,16,17,18,19). The van der Waals surface area contributed by atoms with Crippen LogP contribution in [-0.2, 0) is 0 Å². The third-order valence-electron chi connectivity index (χ3n) is 3.28. The fourth-order valence-electron chi connectivity index (χ4n) is 2.16. The van der Waals surface area contributed by atoms with Crippen molar-refractivity contribution in [2.45, 2.75) is 41.0 Å². The lowest BCUT2D eigenvalue weighted by Crippen LogP contribution is -2.25. The van der Waals surface area contributed by atoms with Gasteiger partial charge in [-0.3, -0.25) is 0 Å². The van der Waals surface area contributed by atoms with Gasteiger partial charge < -0.3 is 15.8 Å². The zero-order chi connectivity index (χ0) is 15.1. The molecule has 1 heterocycles. The molecule has 0 unspecified atom stereocenters. The smallest absolute Gasteiger partial charge is 0.323 e. The number of nitrogens with two attached hydrogens (primary N) is 1. The number of nitrogens with zero attached hydrogens (tertiary/aromatic N) is 3. The molecule has 0 atom stereocenters. The first kappa shape index (κ1) is 16.5. The van der Waals surface area contributed by atoms with E-state index in [-0.39, 0.29) is 12.0 Å². The lowest BCUT2D eigenvalue weighted by molar-refractivity contribution is 0.291. The fourth-order valence-corrected chi connectivity index (χ4v) is 2.16. The van der Waals surface area contributed by atoms with Crippen molar-refractivity contribution in [2.75, 3.05) is 24.2 Å². The Balaban J connectivity index is 2.69. The molecular formula is C14H27N5O. The summed E-state index contributed by atoms with van der Waals surface area (Å²) in [5.74, 6) is 2.40. The molecule has 0 radical (unpaired) electrons. The van der Waals surface area contributed by atoms with Crippen LogP contribution >= 0.6 is 0 Å². The summed E-state index contributed by atoms with van der Waals surface area (Å²) in [5.41, 5.74) is 5.67. The Labute approximate surface area is 121 Å². The van der Waals surface area contributed by atoms with Crippen LogP contribution < -0.4 is 15.8 Å². The Kier molecular flexibility index (Phi) is 6.48. The second-order valence-corrected chi connectivity index (χ2v) is 5.68. The number of aromatic nitrogens is 3. The molecule has 6 heteroatoms. The van der Waals surface area contributed by atoms with E-state index < -0.39 is 0 Å². The minimum atomic E-state index is 0.180. The number of hydrogen-bond donors (Lipinski definition) is 2. The molecule has 0 saturated heterocycles. The Hall–Kier alpha value is -1.59. The van der Waals surface area contributed by atoms with Crippen LogP contribution in [0.5, 0.6) is 6.01 Å². The highest BCUT2D eigenvalue weighted by Crippen LogP contribution is 2.21. The summed E-state index contributed by atoms with van der Waals surface area (Å²) >= 11 is 0. The van der Waals surface area contributed by atoms with E-state index in [1.807, 2.05) is 6.92 Å². The molecule has 0 spiro atoms. The van der Waals surface area contributed by atoms with Crippen molar-refractivity contribution in [1.29, 1.82) is 0 Å². The molecular weight excluding hydrogens is 254 g/mol. The molecule has 0 aromatic carbocycles. The van der Waals surface area contributed by atoms with Crippen LogP contribution in [0.25, 0.3) is 0 Å². The maximum atomic E-state index is 5.67. The SMILES string of the molecule is CCCOc1nc(N)nc(NCC(C(C)C)C(C)C)n1. The first-order chi connectivity index (χ1) is 9.43. The van der Waals surface area contributed by atoms with Crippen molar-refractivity contribution in [3.63, 3.8) is 0 Å². The number of hydrogen-bond acceptors (Lipinski definition) is 6. The van der Waals surface area contributed by atoms with E-state index in [0.717, 1.165) is 13.0 Å². The van der Waals surface area contributed by atoms with Gasteiger partial charge in [-0.2, -0.15) is 15.0 Å². The molecule has 0 saturated carbocycles. The van der Waals surface area contributed by atoms with Crippen LogP contribution in [0.2, 0.25) is 0 Å². The maximum absolute atomic E-state index is 5.67. The van der Waals surface area contributed by atoms with Crippen molar-refractivity contribution in [2.24, 2.45) is 17.8 Å². The number of anilines is 2. The van der Waals surface area contributed by atoms with Crippen molar-refractivity contribution in [3.8, 4) is 6.01 Å². The Bertz CT molecular complexity index is 401. The molecule has 0 aliphatic rings. The largest absolute Gasteiger partial charge is 0.463 e. The van der Waals surface area contributed by atoms with Gasteiger partial charge in [0.2, 0.25) is 11.9 Å². The molecule has 1 aromatic heterocycles. The zero-order valence-electron chi connectivity index (χ0n) is 13.2. The van der Waals surface area contributed by atoms with Gasteiger partial charge in [-0.1, -0.05) is 34.6 Å². The highest BCUT2D eigenvalue weighted by molar-refractivity contribution is 5.32.